The second kappa shape index (κ2) is 8.29. The van der Waals surface area contributed by atoms with Crippen LogP contribution in [0.1, 0.15) is 45.1 Å². The van der Waals surface area contributed by atoms with E-state index in [9.17, 15) is 14.3 Å². The molecule has 1 fully saturated rings. The van der Waals surface area contributed by atoms with Crippen LogP contribution in [0.3, 0.4) is 0 Å². The maximum absolute atomic E-state index is 14.3. The van der Waals surface area contributed by atoms with Gasteiger partial charge in [0.25, 0.3) is 0 Å². The normalized spacial score (nSPS) is 16.0. The molecule has 128 valence electrons. The van der Waals surface area contributed by atoms with Crippen molar-refractivity contribution in [2.24, 2.45) is 5.92 Å². The van der Waals surface area contributed by atoms with Gasteiger partial charge in [-0.1, -0.05) is 19.9 Å². The lowest BCUT2D eigenvalue weighted by molar-refractivity contribution is -0.125. The number of aliphatic hydroxyl groups is 1. The maximum atomic E-state index is 14.3. The minimum atomic E-state index is -0.270. The Kier molecular flexibility index (Phi) is 6.39. The number of carbonyl (C=O) groups excluding carboxylic acids is 1. The molecule has 0 unspecified atom stereocenters. The summed E-state index contributed by atoms with van der Waals surface area (Å²) in [5.41, 5.74) is 1.34. The number of anilines is 1. The van der Waals surface area contributed by atoms with E-state index in [1.54, 1.807) is 6.07 Å². The lowest BCUT2D eigenvalue weighted by Gasteiger charge is -2.31. The van der Waals surface area contributed by atoms with Crippen molar-refractivity contribution < 1.29 is 14.3 Å². The maximum Gasteiger partial charge on any atom is 0.223 e. The molecule has 0 atom stereocenters. The molecule has 0 aromatic heterocycles. The van der Waals surface area contributed by atoms with E-state index in [-0.39, 0.29) is 23.7 Å². The molecule has 4 nitrogen and oxygen atoms in total. The zero-order valence-electron chi connectivity index (χ0n) is 14.0. The number of halogens is 1. The number of nitrogens with zero attached hydrogens (tertiary/aromatic N) is 1. The van der Waals surface area contributed by atoms with Gasteiger partial charge in [0, 0.05) is 25.6 Å². The molecule has 0 spiro atoms. The van der Waals surface area contributed by atoms with Crippen molar-refractivity contribution in [3.05, 3.63) is 29.6 Å². The summed E-state index contributed by atoms with van der Waals surface area (Å²) in [5.74, 6) is -0.209. The third kappa shape index (κ3) is 4.67. The van der Waals surface area contributed by atoms with Gasteiger partial charge in [-0.25, -0.2) is 4.39 Å². The Morgan fingerprint density at radius 3 is 2.57 bits per heavy atom. The quantitative estimate of drug-likeness (QED) is 0.847. The lowest BCUT2D eigenvalue weighted by Crippen LogP contribution is -2.36. The standard InChI is InChI=1S/C18H27FN2O2/c1-3-14(4-2)18(23)20-12-13-5-6-17(16(19)11-13)21-9-7-15(22)8-10-21/h5-6,11,14-15,22H,3-4,7-10,12H2,1-2H3,(H,20,23). The Morgan fingerprint density at radius 2 is 2.00 bits per heavy atom. The number of rotatable bonds is 6. The Bertz CT molecular complexity index is 524. The molecule has 2 N–H and O–H groups in total. The first-order valence-electron chi connectivity index (χ1n) is 8.54. The van der Waals surface area contributed by atoms with Crippen LogP contribution in [0, 0.1) is 11.7 Å². The van der Waals surface area contributed by atoms with E-state index >= 15 is 0 Å². The van der Waals surface area contributed by atoms with Crippen molar-refractivity contribution in [3.63, 3.8) is 0 Å². The number of hydrogen-bond donors (Lipinski definition) is 2. The molecule has 1 aromatic carbocycles. The summed E-state index contributed by atoms with van der Waals surface area (Å²) in [4.78, 5) is 13.9. The molecule has 0 saturated carbocycles. The van der Waals surface area contributed by atoms with Crippen LogP contribution < -0.4 is 10.2 Å². The van der Waals surface area contributed by atoms with Gasteiger partial charge in [-0.15, -0.1) is 0 Å². The van der Waals surface area contributed by atoms with Gasteiger partial charge in [0.15, 0.2) is 0 Å². The van der Waals surface area contributed by atoms with Crippen molar-refractivity contribution >= 4 is 11.6 Å². The third-order valence-electron chi connectivity index (χ3n) is 4.64. The minimum Gasteiger partial charge on any atom is -0.393 e. The smallest absolute Gasteiger partial charge is 0.223 e. The second-order valence-electron chi connectivity index (χ2n) is 6.24. The van der Waals surface area contributed by atoms with Gasteiger partial charge < -0.3 is 15.3 Å². The highest BCUT2D eigenvalue weighted by Gasteiger charge is 2.20. The van der Waals surface area contributed by atoms with Gasteiger partial charge in [0.2, 0.25) is 5.91 Å². The van der Waals surface area contributed by atoms with E-state index in [4.69, 9.17) is 0 Å². The topological polar surface area (TPSA) is 52.6 Å². The first-order valence-corrected chi connectivity index (χ1v) is 8.54. The molecule has 1 aliphatic rings. The van der Waals surface area contributed by atoms with E-state index in [0.29, 0.717) is 38.2 Å². The van der Waals surface area contributed by atoms with Gasteiger partial charge in [0.05, 0.1) is 11.8 Å². The summed E-state index contributed by atoms with van der Waals surface area (Å²) >= 11 is 0. The molecule has 1 heterocycles. The van der Waals surface area contributed by atoms with E-state index in [1.165, 1.54) is 6.07 Å². The van der Waals surface area contributed by atoms with E-state index in [1.807, 2.05) is 24.8 Å². The summed E-state index contributed by atoms with van der Waals surface area (Å²) < 4.78 is 14.3. The average molecular weight is 322 g/mol. The highest BCUT2D eigenvalue weighted by Crippen LogP contribution is 2.24. The van der Waals surface area contributed by atoms with Gasteiger partial charge in [-0.3, -0.25) is 4.79 Å². The SMILES string of the molecule is CCC(CC)C(=O)NCc1ccc(N2CCC(O)CC2)c(F)c1. The fourth-order valence-electron chi connectivity index (χ4n) is 3.02. The molecular formula is C18H27FN2O2. The Balaban J connectivity index is 1.95. The zero-order valence-corrected chi connectivity index (χ0v) is 14.0. The predicted molar refractivity (Wildman–Crippen MR) is 89.8 cm³/mol. The number of aliphatic hydroxyl groups excluding tert-OH is 1. The molecule has 5 heteroatoms. The largest absolute Gasteiger partial charge is 0.393 e. The van der Waals surface area contributed by atoms with E-state index < -0.39 is 0 Å². The number of benzene rings is 1. The van der Waals surface area contributed by atoms with Gasteiger partial charge in [-0.05, 0) is 43.4 Å². The summed E-state index contributed by atoms with van der Waals surface area (Å²) in [6.07, 6.45) is 2.71. The fraction of sp³-hybridized carbons (Fsp3) is 0.611. The van der Waals surface area contributed by atoms with Crippen LogP contribution in [0.5, 0.6) is 0 Å². The van der Waals surface area contributed by atoms with Crippen LogP contribution in [0.2, 0.25) is 0 Å². The molecule has 1 amide bonds. The van der Waals surface area contributed by atoms with Gasteiger partial charge in [-0.2, -0.15) is 0 Å². The highest BCUT2D eigenvalue weighted by atomic mass is 19.1. The second-order valence-corrected chi connectivity index (χ2v) is 6.24. The first-order chi connectivity index (χ1) is 11.0. The van der Waals surface area contributed by atoms with Crippen LogP contribution in [0.25, 0.3) is 0 Å². The molecule has 0 radical (unpaired) electrons. The highest BCUT2D eigenvalue weighted by molar-refractivity contribution is 5.78. The summed E-state index contributed by atoms with van der Waals surface area (Å²) in [6, 6.07) is 5.12. The fourth-order valence-corrected chi connectivity index (χ4v) is 3.02. The van der Waals surface area contributed by atoms with Crippen LogP contribution >= 0.6 is 0 Å². The Hall–Kier alpha value is -1.62. The van der Waals surface area contributed by atoms with Gasteiger partial charge in [0.1, 0.15) is 5.82 Å². The molecule has 0 bridgehead atoms. The van der Waals surface area contributed by atoms with Crippen LogP contribution in [0.15, 0.2) is 18.2 Å². The molecule has 2 rings (SSSR count). The third-order valence-corrected chi connectivity index (χ3v) is 4.64. The number of amides is 1. The van der Waals surface area contributed by atoms with Crippen LogP contribution in [-0.2, 0) is 11.3 Å². The van der Waals surface area contributed by atoms with Crippen molar-refractivity contribution in [1.29, 1.82) is 0 Å². The molecule has 23 heavy (non-hydrogen) atoms. The molecule has 1 aromatic rings. The van der Waals surface area contributed by atoms with Crippen molar-refractivity contribution in [2.75, 3.05) is 18.0 Å². The molecule has 1 saturated heterocycles. The predicted octanol–water partition coefficient (Wildman–Crippen LogP) is 2.84. The molecular weight excluding hydrogens is 295 g/mol. The van der Waals surface area contributed by atoms with E-state index in [0.717, 1.165) is 18.4 Å². The van der Waals surface area contributed by atoms with Crippen molar-refractivity contribution in [3.8, 4) is 0 Å². The summed E-state index contributed by atoms with van der Waals surface area (Å²) in [5, 5.41) is 12.4. The molecule has 1 aliphatic heterocycles. The summed E-state index contributed by atoms with van der Waals surface area (Å²) in [6.45, 7) is 5.69. The monoisotopic (exact) mass is 322 g/mol. The van der Waals surface area contributed by atoms with E-state index in [2.05, 4.69) is 5.32 Å². The van der Waals surface area contributed by atoms with Crippen molar-refractivity contribution in [1.82, 2.24) is 5.32 Å². The molecule has 0 aliphatic carbocycles. The Morgan fingerprint density at radius 1 is 1.35 bits per heavy atom. The number of piperidine rings is 1. The van der Waals surface area contributed by atoms with Gasteiger partial charge >= 0.3 is 0 Å². The first kappa shape index (κ1) is 17.7. The number of carbonyl (C=O) groups is 1. The number of nitrogens with one attached hydrogen (secondary N) is 1. The zero-order chi connectivity index (χ0) is 16.8. The minimum absolute atomic E-state index is 0.0268. The van der Waals surface area contributed by atoms with Crippen LogP contribution in [0.4, 0.5) is 10.1 Å². The van der Waals surface area contributed by atoms with Crippen molar-refractivity contribution in [2.45, 2.75) is 52.2 Å². The summed E-state index contributed by atoms with van der Waals surface area (Å²) in [7, 11) is 0. The average Bonchev–Trinajstić information content (AvgIpc) is 2.55. The van der Waals surface area contributed by atoms with Crippen LogP contribution in [-0.4, -0.2) is 30.2 Å². The Labute approximate surface area is 137 Å². The number of hydrogen-bond acceptors (Lipinski definition) is 3. The lowest BCUT2D eigenvalue weighted by atomic mass is 10.0.